The van der Waals surface area contributed by atoms with Crippen molar-refractivity contribution in [2.24, 2.45) is 5.92 Å². The molecule has 6 nitrogen and oxygen atoms in total. The normalized spacial score (nSPS) is 14.7. The molecule has 0 aromatic heterocycles. The molecule has 6 heteroatoms. The highest BCUT2D eigenvalue weighted by Crippen LogP contribution is 2.17. The number of piperazine rings is 1. The van der Waals surface area contributed by atoms with Crippen molar-refractivity contribution < 1.29 is 14.3 Å². The van der Waals surface area contributed by atoms with Gasteiger partial charge in [0.2, 0.25) is 0 Å². The van der Waals surface area contributed by atoms with Crippen LogP contribution in [-0.4, -0.2) is 61.1 Å². The van der Waals surface area contributed by atoms with Crippen LogP contribution in [-0.2, 0) is 0 Å². The number of carbonyl (C=O) groups excluding carboxylic acids is 2. The Labute approximate surface area is 143 Å². The summed E-state index contributed by atoms with van der Waals surface area (Å²) in [4.78, 5) is 28.0. The summed E-state index contributed by atoms with van der Waals surface area (Å²) in [6.07, 6.45) is 0. The van der Waals surface area contributed by atoms with Crippen molar-refractivity contribution in [2.45, 2.75) is 20.8 Å². The van der Waals surface area contributed by atoms with Crippen molar-refractivity contribution in [2.75, 3.05) is 39.3 Å². The Hall–Kier alpha value is -2.24. The quantitative estimate of drug-likeness (QED) is 0.899. The Morgan fingerprint density at radius 2 is 1.83 bits per heavy atom. The summed E-state index contributed by atoms with van der Waals surface area (Å²) in [5.74, 6) is 1.14. The summed E-state index contributed by atoms with van der Waals surface area (Å²) in [7, 11) is 0. The van der Waals surface area contributed by atoms with Crippen LogP contribution in [0.5, 0.6) is 5.75 Å². The van der Waals surface area contributed by atoms with E-state index >= 15 is 0 Å². The highest BCUT2D eigenvalue weighted by molar-refractivity contribution is 5.94. The van der Waals surface area contributed by atoms with Gasteiger partial charge in [-0.25, -0.2) is 4.79 Å². The standard InChI is InChI=1S/C18H27N3O3/c1-4-19-18(23)21-10-8-20(9-11-21)17(22)15-6-5-7-16(12-15)24-13-14(2)3/h5-7,12,14H,4,8-11,13H2,1-3H3,(H,19,23). The van der Waals surface area contributed by atoms with Gasteiger partial charge < -0.3 is 19.9 Å². The molecule has 1 saturated heterocycles. The van der Waals surface area contributed by atoms with E-state index in [1.807, 2.05) is 19.1 Å². The van der Waals surface area contributed by atoms with Crippen molar-refractivity contribution in [1.82, 2.24) is 15.1 Å². The highest BCUT2D eigenvalue weighted by atomic mass is 16.5. The number of amides is 3. The molecule has 1 aromatic carbocycles. The van der Waals surface area contributed by atoms with E-state index in [0.29, 0.717) is 50.8 Å². The van der Waals surface area contributed by atoms with E-state index in [1.54, 1.807) is 21.9 Å². The van der Waals surface area contributed by atoms with Crippen LogP contribution in [0.3, 0.4) is 0 Å². The summed E-state index contributed by atoms with van der Waals surface area (Å²) >= 11 is 0. The number of carbonyl (C=O) groups is 2. The molecule has 3 amide bonds. The second kappa shape index (κ2) is 8.57. The zero-order valence-corrected chi connectivity index (χ0v) is 14.7. The van der Waals surface area contributed by atoms with Gasteiger partial charge in [0.25, 0.3) is 5.91 Å². The zero-order valence-electron chi connectivity index (χ0n) is 14.7. The third-order valence-electron chi connectivity index (χ3n) is 3.85. The largest absolute Gasteiger partial charge is 0.493 e. The van der Waals surface area contributed by atoms with Crippen molar-refractivity contribution in [3.8, 4) is 5.75 Å². The number of hydrogen-bond donors (Lipinski definition) is 1. The molecular weight excluding hydrogens is 306 g/mol. The molecule has 1 aromatic rings. The van der Waals surface area contributed by atoms with E-state index in [4.69, 9.17) is 4.74 Å². The summed E-state index contributed by atoms with van der Waals surface area (Å²) < 4.78 is 5.69. The van der Waals surface area contributed by atoms with Crippen LogP contribution >= 0.6 is 0 Å². The molecule has 1 N–H and O–H groups in total. The molecule has 1 heterocycles. The lowest BCUT2D eigenvalue weighted by atomic mass is 10.1. The molecule has 0 unspecified atom stereocenters. The van der Waals surface area contributed by atoms with Gasteiger partial charge in [0, 0.05) is 38.3 Å². The molecule has 1 fully saturated rings. The lowest BCUT2D eigenvalue weighted by Gasteiger charge is -2.34. The van der Waals surface area contributed by atoms with E-state index in [9.17, 15) is 9.59 Å². The number of rotatable bonds is 5. The Kier molecular flexibility index (Phi) is 6.46. The van der Waals surface area contributed by atoms with Crippen LogP contribution in [0.25, 0.3) is 0 Å². The molecule has 0 aliphatic carbocycles. The molecule has 0 bridgehead atoms. The molecule has 0 spiro atoms. The van der Waals surface area contributed by atoms with Crippen molar-refractivity contribution in [3.05, 3.63) is 29.8 Å². The Bertz CT molecular complexity index is 566. The number of urea groups is 1. The maximum Gasteiger partial charge on any atom is 0.317 e. The summed E-state index contributed by atoms with van der Waals surface area (Å²) in [6.45, 7) is 9.52. The Balaban J connectivity index is 1.93. The van der Waals surface area contributed by atoms with Crippen LogP contribution in [0.4, 0.5) is 4.79 Å². The van der Waals surface area contributed by atoms with Crippen LogP contribution in [0.15, 0.2) is 24.3 Å². The van der Waals surface area contributed by atoms with Crippen molar-refractivity contribution in [1.29, 1.82) is 0 Å². The minimum Gasteiger partial charge on any atom is -0.493 e. The second-order valence-corrected chi connectivity index (χ2v) is 6.35. The van der Waals surface area contributed by atoms with Gasteiger partial charge in [-0.3, -0.25) is 4.79 Å². The van der Waals surface area contributed by atoms with Gasteiger partial charge in [0.1, 0.15) is 5.75 Å². The maximum absolute atomic E-state index is 12.6. The monoisotopic (exact) mass is 333 g/mol. The smallest absolute Gasteiger partial charge is 0.317 e. The Morgan fingerprint density at radius 3 is 2.46 bits per heavy atom. The van der Waals surface area contributed by atoms with Crippen LogP contribution < -0.4 is 10.1 Å². The van der Waals surface area contributed by atoms with Crippen molar-refractivity contribution in [3.63, 3.8) is 0 Å². The molecule has 0 radical (unpaired) electrons. The molecule has 0 atom stereocenters. The number of hydrogen-bond acceptors (Lipinski definition) is 3. The van der Waals surface area contributed by atoms with Gasteiger partial charge in [-0.1, -0.05) is 19.9 Å². The van der Waals surface area contributed by atoms with Crippen molar-refractivity contribution >= 4 is 11.9 Å². The fraction of sp³-hybridized carbons (Fsp3) is 0.556. The average Bonchev–Trinajstić information content (AvgIpc) is 2.60. The first-order valence-corrected chi connectivity index (χ1v) is 8.56. The number of nitrogens with zero attached hydrogens (tertiary/aromatic N) is 2. The highest BCUT2D eigenvalue weighted by Gasteiger charge is 2.24. The molecule has 132 valence electrons. The summed E-state index contributed by atoms with van der Waals surface area (Å²) in [5, 5.41) is 2.79. The molecule has 2 rings (SSSR count). The first kappa shape index (κ1) is 18.1. The van der Waals surface area contributed by atoms with E-state index in [2.05, 4.69) is 19.2 Å². The van der Waals surface area contributed by atoms with Crippen LogP contribution in [0.1, 0.15) is 31.1 Å². The average molecular weight is 333 g/mol. The van der Waals surface area contributed by atoms with Gasteiger partial charge in [-0.15, -0.1) is 0 Å². The van der Waals surface area contributed by atoms with Gasteiger partial charge in [0.15, 0.2) is 0 Å². The molecule has 1 aliphatic rings. The first-order chi connectivity index (χ1) is 11.5. The molecule has 24 heavy (non-hydrogen) atoms. The van der Waals surface area contributed by atoms with E-state index in [0.717, 1.165) is 5.75 Å². The minimum absolute atomic E-state index is 0.0134. The maximum atomic E-state index is 12.6. The predicted molar refractivity (Wildman–Crippen MR) is 93.3 cm³/mol. The van der Waals surface area contributed by atoms with Gasteiger partial charge in [0.05, 0.1) is 6.61 Å². The molecular formula is C18H27N3O3. The van der Waals surface area contributed by atoms with E-state index in [1.165, 1.54) is 0 Å². The molecule has 1 aliphatic heterocycles. The first-order valence-electron chi connectivity index (χ1n) is 8.56. The SMILES string of the molecule is CCNC(=O)N1CCN(C(=O)c2cccc(OCC(C)C)c2)CC1. The summed E-state index contributed by atoms with van der Waals surface area (Å²) in [5.41, 5.74) is 0.628. The van der Waals surface area contributed by atoms with Gasteiger partial charge in [-0.05, 0) is 31.0 Å². The van der Waals surface area contributed by atoms with Crippen LogP contribution in [0.2, 0.25) is 0 Å². The number of benzene rings is 1. The Morgan fingerprint density at radius 1 is 1.17 bits per heavy atom. The number of ether oxygens (including phenoxy) is 1. The molecule has 0 saturated carbocycles. The van der Waals surface area contributed by atoms with E-state index in [-0.39, 0.29) is 11.9 Å². The number of nitrogens with one attached hydrogen (secondary N) is 1. The van der Waals surface area contributed by atoms with Gasteiger partial charge >= 0.3 is 6.03 Å². The fourth-order valence-electron chi connectivity index (χ4n) is 2.54. The second-order valence-electron chi connectivity index (χ2n) is 6.35. The topological polar surface area (TPSA) is 61.9 Å². The third-order valence-corrected chi connectivity index (χ3v) is 3.85. The zero-order chi connectivity index (χ0) is 17.5. The lowest BCUT2D eigenvalue weighted by Crippen LogP contribution is -2.53. The predicted octanol–water partition coefficient (Wildman–Crippen LogP) is 2.21. The fourth-order valence-corrected chi connectivity index (χ4v) is 2.54. The van der Waals surface area contributed by atoms with Crippen LogP contribution in [0, 0.1) is 5.92 Å². The van der Waals surface area contributed by atoms with E-state index < -0.39 is 0 Å². The third kappa shape index (κ3) is 4.88. The summed E-state index contributed by atoms with van der Waals surface area (Å²) in [6, 6.07) is 7.25. The lowest BCUT2D eigenvalue weighted by molar-refractivity contribution is 0.0665. The van der Waals surface area contributed by atoms with Gasteiger partial charge in [-0.2, -0.15) is 0 Å². The minimum atomic E-state index is -0.0614.